The molecule has 1 aliphatic rings. The summed E-state index contributed by atoms with van der Waals surface area (Å²) in [6, 6.07) is 24.7. The summed E-state index contributed by atoms with van der Waals surface area (Å²) in [4.78, 5) is 14.6. The summed E-state index contributed by atoms with van der Waals surface area (Å²) in [6.07, 6.45) is 16.8. The van der Waals surface area contributed by atoms with Gasteiger partial charge in [0.25, 0.3) is 0 Å². The second kappa shape index (κ2) is 23.9. The number of benzene rings is 3. The number of alkyl carbamates (subject to hydrolysis) is 1. The van der Waals surface area contributed by atoms with Crippen LogP contribution in [0.5, 0.6) is 0 Å². The number of hydrogen-bond donors (Lipinski definition) is 2. The second-order valence-electron chi connectivity index (χ2n) is 14.3. The number of amides is 1. The normalized spacial score (nSPS) is 17.3. The third-order valence-electron chi connectivity index (χ3n) is 9.92. The topological polar surface area (TPSA) is 80.3 Å². The Bertz CT molecular complexity index is 1430. The second-order valence-corrected chi connectivity index (χ2v) is 14.3. The highest BCUT2D eigenvalue weighted by Gasteiger charge is 2.33. The third-order valence-corrected chi connectivity index (χ3v) is 9.92. The first-order valence-electron chi connectivity index (χ1n) is 20.0. The summed E-state index contributed by atoms with van der Waals surface area (Å²) in [5, 5.41) is 12.5. The van der Waals surface area contributed by atoms with E-state index in [0.717, 1.165) is 59.4 Å². The van der Waals surface area contributed by atoms with E-state index in [2.05, 4.69) is 79.2 Å². The van der Waals surface area contributed by atoms with Crippen molar-refractivity contribution in [3.63, 3.8) is 0 Å². The number of ether oxygens (including phenoxy) is 3. The zero-order chi connectivity index (χ0) is 36.8. The Hall–Kier alpha value is -3.49. The van der Waals surface area contributed by atoms with Gasteiger partial charge in [0.15, 0.2) is 6.29 Å². The van der Waals surface area contributed by atoms with Crippen LogP contribution in [0.15, 0.2) is 85.5 Å². The minimum Gasteiger partial charge on any atom is -0.445 e. The van der Waals surface area contributed by atoms with Crippen LogP contribution in [0.2, 0.25) is 0 Å². The van der Waals surface area contributed by atoms with Crippen LogP contribution in [-0.2, 0) is 27.4 Å². The molecule has 1 saturated heterocycles. The molecular weight excluding hydrogens is 649 g/mol. The Balaban J connectivity index is 1.50. The maximum Gasteiger partial charge on any atom is 0.407 e. The minimum atomic E-state index is -0.518. The average Bonchev–Trinajstić information content (AvgIpc) is 3.18. The minimum absolute atomic E-state index is 0.0142. The van der Waals surface area contributed by atoms with Crippen molar-refractivity contribution in [3.05, 3.63) is 108 Å². The van der Waals surface area contributed by atoms with Crippen LogP contribution in [0.1, 0.15) is 132 Å². The van der Waals surface area contributed by atoms with Crippen molar-refractivity contribution in [1.82, 2.24) is 10.2 Å². The van der Waals surface area contributed by atoms with Gasteiger partial charge >= 0.3 is 6.09 Å². The van der Waals surface area contributed by atoms with Crippen molar-refractivity contribution in [3.8, 4) is 11.1 Å². The standard InChI is InChI=1S/C45H64N2O5/c1-4-7-9-11-13-15-27-47(28-16-14-12-10-8-5-2)34-42-32-43(38-25-23-36(35-48)24-26-38)52-44(51-42)41-22-18-21-40(31-41)39-20-17-19-37(30-39)33-46-45(49)50-29-6-3/h6,17-26,30-31,42-44,48H,3-5,7-16,27-29,32-35H2,1-2H3,(H,46,49)/t42-,43+,44+/m0/s1. The van der Waals surface area contributed by atoms with Gasteiger partial charge in [0.2, 0.25) is 0 Å². The number of aliphatic hydroxyl groups is 1. The molecular formula is C45H64N2O5. The quantitative estimate of drug-likeness (QED) is 0.0711. The van der Waals surface area contributed by atoms with Crippen molar-refractivity contribution in [2.75, 3.05) is 26.2 Å². The maximum atomic E-state index is 12.0. The number of carbonyl (C=O) groups is 1. The summed E-state index contributed by atoms with van der Waals surface area (Å²) in [7, 11) is 0. The molecule has 0 aliphatic carbocycles. The zero-order valence-electron chi connectivity index (χ0n) is 31.9. The predicted molar refractivity (Wildman–Crippen MR) is 212 cm³/mol. The Labute approximate surface area is 313 Å². The highest BCUT2D eigenvalue weighted by atomic mass is 16.7. The highest BCUT2D eigenvalue weighted by molar-refractivity contribution is 5.68. The SMILES string of the molecule is C=CCOC(=O)NCc1cccc(-c2cccc([C@@H]3O[C@H](CN(CCCCCCCC)CCCCCCCC)C[C@H](c4ccc(CO)cc4)O3)c2)c1. The molecule has 1 fully saturated rings. The lowest BCUT2D eigenvalue weighted by Crippen LogP contribution is -2.40. The molecule has 4 rings (SSSR count). The molecule has 0 bridgehead atoms. The smallest absolute Gasteiger partial charge is 0.407 e. The number of unbranched alkanes of at least 4 members (excludes halogenated alkanes) is 10. The van der Waals surface area contributed by atoms with Crippen LogP contribution in [0, 0.1) is 0 Å². The molecule has 0 unspecified atom stereocenters. The molecule has 0 spiro atoms. The molecule has 0 saturated carbocycles. The molecule has 7 heteroatoms. The Kier molecular flexibility index (Phi) is 19.0. The van der Waals surface area contributed by atoms with Crippen LogP contribution in [-0.4, -0.2) is 48.4 Å². The van der Waals surface area contributed by atoms with Gasteiger partial charge in [0.05, 0.1) is 18.8 Å². The number of rotatable bonds is 24. The molecule has 0 radical (unpaired) electrons. The van der Waals surface area contributed by atoms with E-state index in [0.29, 0.717) is 6.54 Å². The molecule has 3 aromatic rings. The zero-order valence-corrected chi connectivity index (χ0v) is 31.9. The van der Waals surface area contributed by atoms with Gasteiger partial charge in [0, 0.05) is 25.1 Å². The molecule has 3 aromatic carbocycles. The van der Waals surface area contributed by atoms with E-state index in [9.17, 15) is 9.90 Å². The Morgan fingerprint density at radius 2 is 1.44 bits per heavy atom. The lowest BCUT2D eigenvalue weighted by molar-refractivity contribution is -0.253. The van der Waals surface area contributed by atoms with Crippen molar-refractivity contribution >= 4 is 6.09 Å². The van der Waals surface area contributed by atoms with E-state index in [-0.39, 0.29) is 25.4 Å². The van der Waals surface area contributed by atoms with Gasteiger partial charge in [-0.1, -0.05) is 151 Å². The Morgan fingerprint density at radius 1 is 0.808 bits per heavy atom. The van der Waals surface area contributed by atoms with Crippen LogP contribution >= 0.6 is 0 Å². The van der Waals surface area contributed by atoms with Gasteiger partial charge in [-0.15, -0.1) is 0 Å². The molecule has 7 nitrogen and oxygen atoms in total. The molecule has 284 valence electrons. The average molecular weight is 713 g/mol. The van der Waals surface area contributed by atoms with Crippen molar-refractivity contribution in [2.24, 2.45) is 0 Å². The van der Waals surface area contributed by atoms with E-state index in [1.165, 1.54) is 77.0 Å². The first-order valence-corrected chi connectivity index (χ1v) is 20.0. The predicted octanol–water partition coefficient (Wildman–Crippen LogP) is 10.8. The first-order chi connectivity index (χ1) is 25.5. The summed E-state index contributed by atoms with van der Waals surface area (Å²) in [5.41, 5.74) is 6.07. The third kappa shape index (κ3) is 14.5. The lowest BCUT2D eigenvalue weighted by Gasteiger charge is -2.38. The Morgan fingerprint density at radius 3 is 2.10 bits per heavy atom. The monoisotopic (exact) mass is 712 g/mol. The molecule has 52 heavy (non-hydrogen) atoms. The van der Waals surface area contributed by atoms with Crippen LogP contribution < -0.4 is 5.32 Å². The number of hydrogen-bond acceptors (Lipinski definition) is 6. The van der Waals surface area contributed by atoms with Gasteiger partial charge in [-0.25, -0.2) is 4.79 Å². The van der Waals surface area contributed by atoms with Crippen molar-refractivity contribution in [2.45, 2.75) is 129 Å². The van der Waals surface area contributed by atoms with E-state index in [1.807, 2.05) is 24.3 Å². The molecule has 3 atom stereocenters. The fraction of sp³-hybridized carbons (Fsp3) is 0.533. The number of nitrogens with one attached hydrogen (secondary N) is 1. The largest absolute Gasteiger partial charge is 0.445 e. The molecule has 2 N–H and O–H groups in total. The fourth-order valence-electron chi connectivity index (χ4n) is 6.93. The van der Waals surface area contributed by atoms with Crippen LogP contribution in [0.25, 0.3) is 11.1 Å². The number of carbonyl (C=O) groups excluding carboxylic acids is 1. The van der Waals surface area contributed by atoms with E-state index >= 15 is 0 Å². The molecule has 1 amide bonds. The van der Waals surface area contributed by atoms with Gasteiger partial charge in [-0.05, 0) is 65.9 Å². The van der Waals surface area contributed by atoms with Crippen LogP contribution in [0.3, 0.4) is 0 Å². The fourth-order valence-corrected chi connectivity index (χ4v) is 6.93. The number of nitrogens with zero attached hydrogens (tertiary/aromatic N) is 1. The van der Waals surface area contributed by atoms with Crippen molar-refractivity contribution in [1.29, 1.82) is 0 Å². The maximum absolute atomic E-state index is 12.0. The highest BCUT2D eigenvalue weighted by Crippen LogP contribution is 2.39. The molecule has 1 aliphatic heterocycles. The lowest BCUT2D eigenvalue weighted by atomic mass is 9.98. The van der Waals surface area contributed by atoms with Crippen molar-refractivity contribution < 1.29 is 24.1 Å². The summed E-state index contributed by atoms with van der Waals surface area (Å²) in [5.74, 6) is 0. The number of aliphatic hydroxyl groups excluding tert-OH is 1. The van der Waals surface area contributed by atoms with Gasteiger partial charge < -0.3 is 29.5 Å². The van der Waals surface area contributed by atoms with E-state index in [1.54, 1.807) is 6.08 Å². The van der Waals surface area contributed by atoms with Crippen LogP contribution in [0.4, 0.5) is 4.79 Å². The summed E-state index contributed by atoms with van der Waals surface area (Å²) in [6.45, 7) is 11.8. The van der Waals surface area contributed by atoms with Gasteiger partial charge in [-0.2, -0.15) is 0 Å². The summed E-state index contributed by atoms with van der Waals surface area (Å²) >= 11 is 0. The van der Waals surface area contributed by atoms with Gasteiger partial charge in [0.1, 0.15) is 6.61 Å². The molecule has 0 aromatic heterocycles. The van der Waals surface area contributed by atoms with E-state index < -0.39 is 12.4 Å². The van der Waals surface area contributed by atoms with Gasteiger partial charge in [-0.3, -0.25) is 0 Å². The summed E-state index contributed by atoms with van der Waals surface area (Å²) < 4.78 is 18.7. The first kappa shape index (κ1) is 41.3. The molecule has 1 heterocycles. The van der Waals surface area contributed by atoms with E-state index in [4.69, 9.17) is 14.2 Å².